The molecule has 0 saturated heterocycles. The number of aryl methyl sites for hydroxylation is 1. The molecular formula is C19H19BrO3. The summed E-state index contributed by atoms with van der Waals surface area (Å²) in [6.45, 7) is 4.67. The Balaban J connectivity index is 2.17. The first kappa shape index (κ1) is 17.3. The molecule has 3 nitrogen and oxygen atoms in total. The minimum absolute atomic E-state index is 0.0538. The first-order chi connectivity index (χ1) is 11.1. The summed E-state index contributed by atoms with van der Waals surface area (Å²) in [4.78, 5) is 12.7. The molecule has 0 bridgehead atoms. The van der Waals surface area contributed by atoms with Crippen LogP contribution >= 0.6 is 15.9 Å². The van der Waals surface area contributed by atoms with E-state index in [0.29, 0.717) is 30.1 Å². The molecule has 0 aliphatic heterocycles. The van der Waals surface area contributed by atoms with Crippen LogP contribution in [-0.2, 0) is 4.74 Å². The van der Waals surface area contributed by atoms with Gasteiger partial charge in [-0.15, -0.1) is 0 Å². The van der Waals surface area contributed by atoms with Crippen molar-refractivity contribution in [2.45, 2.75) is 13.8 Å². The molecule has 0 radical (unpaired) electrons. The van der Waals surface area contributed by atoms with E-state index in [1.165, 1.54) is 0 Å². The van der Waals surface area contributed by atoms with Crippen molar-refractivity contribution in [2.75, 3.05) is 13.2 Å². The summed E-state index contributed by atoms with van der Waals surface area (Å²) in [5, 5.41) is 0. The van der Waals surface area contributed by atoms with E-state index in [1.807, 2.05) is 50.3 Å². The van der Waals surface area contributed by atoms with Crippen LogP contribution in [-0.4, -0.2) is 19.0 Å². The van der Waals surface area contributed by atoms with Gasteiger partial charge in [-0.3, -0.25) is 4.79 Å². The summed E-state index contributed by atoms with van der Waals surface area (Å²) in [5.41, 5.74) is 2.23. The van der Waals surface area contributed by atoms with E-state index in [9.17, 15) is 4.79 Å². The number of halogens is 1. The molecule has 0 amide bonds. The maximum atomic E-state index is 12.7. The quantitative estimate of drug-likeness (QED) is 0.392. The number of allylic oxidation sites excluding steroid dienone is 1. The first-order valence-corrected chi connectivity index (χ1v) is 8.17. The lowest BCUT2D eigenvalue weighted by Gasteiger charge is -2.12. The van der Waals surface area contributed by atoms with Crippen molar-refractivity contribution in [1.29, 1.82) is 0 Å². The molecule has 2 aromatic carbocycles. The predicted octanol–water partition coefficient (Wildman–Crippen LogP) is 4.92. The van der Waals surface area contributed by atoms with E-state index in [4.69, 9.17) is 9.47 Å². The molecule has 2 aromatic rings. The summed E-state index contributed by atoms with van der Waals surface area (Å²) >= 11 is 3.37. The van der Waals surface area contributed by atoms with Gasteiger partial charge in [0.05, 0.1) is 11.8 Å². The van der Waals surface area contributed by atoms with Gasteiger partial charge in [-0.25, -0.2) is 0 Å². The Morgan fingerprint density at radius 1 is 1.13 bits per heavy atom. The number of hydrogen-bond donors (Lipinski definition) is 0. The van der Waals surface area contributed by atoms with E-state index < -0.39 is 0 Å². The fourth-order valence-corrected chi connectivity index (χ4v) is 2.32. The molecule has 0 N–H and O–H groups in total. The van der Waals surface area contributed by atoms with Gasteiger partial charge in [0, 0.05) is 10.0 Å². The second-order valence-electron chi connectivity index (χ2n) is 5.02. The summed E-state index contributed by atoms with van der Waals surface area (Å²) in [6, 6.07) is 12.9. The molecule has 0 saturated carbocycles. The Morgan fingerprint density at radius 3 is 2.57 bits per heavy atom. The maximum Gasteiger partial charge on any atom is 0.196 e. The Bertz CT molecular complexity index is 690. The summed E-state index contributed by atoms with van der Waals surface area (Å²) in [6.07, 6.45) is 3.43. The van der Waals surface area contributed by atoms with Gasteiger partial charge < -0.3 is 9.47 Å². The highest BCUT2D eigenvalue weighted by atomic mass is 79.9. The van der Waals surface area contributed by atoms with Crippen LogP contribution in [0.15, 0.2) is 59.3 Å². The van der Waals surface area contributed by atoms with Gasteiger partial charge in [-0.05, 0) is 55.8 Å². The smallest absolute Gasteiger partial charge is 0.196 e. The molecule has 0 fully saturated rings. The van der Waals surface area contributed by atoms with E-state index >= 15 is 0 Å². The molecular weight excluding hydrogens is 356 g/mol. The van der Waals surface area contributed by atoms with Crippen molar-refractivity contribution in [3.05, 3.63) is 76.0 Å². The van der Waals surface area contributed by atoms with Crippen LogP contribution in [0.5, 0.6) is 5.75 Å². The van der Waals surface area contributed by atoms with Crippen molar-refractivity contribution in [2.24, 2.45) is 0 Å². The van der Waals surface area contributed by atoms with Gasteiger partial charge in [0.15, 0.2) is 5.78 Å². The lowest BCUT2D eigenvalue weighted by atomic mass is 10.0. The van der Waals surface area contributed by atoms with E-state index in [-0.39, 0.29) is 5.78 Å². The van der Waals surface area contributed by atoms with Crippen LogP contribution in [0.2, 0.25) is 0 Å². The fourth-order valence-electron chi connectivity index (χ4n) is 2.06. The fraction of sp³-hybridized carbons (Fsp3) is 0.211. The third kappa shape index (κ3) is 4.96. The van der Waals surface area contributed by atoms with Crippen LogP contribution in [0, 0.1) is 6.92 Å². The minimum Gasteiger partial charge on any atom is -0.498 e. The average molecular weight is 375 g/mol. The Kier molecular flexibility index (Phi) is 6.41. The number of rotatable bonds is 7. The molecule has 0 aliphatic rings. The van der Waals surface area contributed by atoms with Gasteiger partial charge >= 0.3 is 0 Å². The largest absolute Gasteiger partial charge is 0.498 e. The van der Waals surface area contributed by atoms with Gasteiger partial charge in [-0.2, -0.15) is 0 Å². The van der Waals surface area contributed by atoms with Gasteiger partial charge in [-0.1, -0.05) is 28.1 Å². The topological polar surface area (TPSA) is 35.5 Å². The van der Waals surface area contributed by atoms with E-state index in [1.54, 1.807) is 18.4 Å². The number of ketones is 1. The SMILES string of the molecule is CC=COCCOc1cc(C)ccc1C(=O)c1ccc(Br)cc1. The monoisotopic (exact) mass is 374 g/mol. The highest BCUT2D eigenvalue weighted by Gasteiger charge is 2.15. The zero-order chi connectivity index (χ0) is 16.7. The average Bonchev–Trinajstić information content (AvgIpc) is 2.55. The molecule has 2 rings (SSSR count). The van der Waals surface area contributed by atoms with Gasteiger partial charge in [0.2, 0.25) is 0 Å². The molecule has 0 aliphatic carbocycles. The second kappa shape index (κ2) is 8.53. The molecule has 120 valence electrons. The lowest BCUT2D eigenvalue weighted by molar-refractivity contribution is 0.103. The normalized spacial score (nSPS) is 10.7. The molecule has 0 heterocycles. The van der Waals surface area contributed by atoms with Crippen molar-refractivity contribution < 1.29 is 14.3 Å². The van der Waals surface area contributed by atoms with Crippen molar-refractivity contribution >= 4 is 21.7 Å². The van der Waals surface area contributed by atoms with Crippen molar-refractivity contribution in [1.82, 2.24) is 0 Å². The van der Waals surface area contributed by atoms with Crippen LogP contribution in [0.1, 0.15) is 28.4 Å². The maximum absolute atomic E-state index is 12.7. The highest BCUT2D eigenvalue weighted by Crippen LogP contribution is 2.24. The first-order valence-electron chi connectivity index (χ1n) is 7.38. The van der Waals surface area contributed by atoms with Crippen molar-refractivity contribution in [3.63, 3.8) is 0 Å². The van der Waals surface area contributed by atoms with Crippen LogP contribution in [0.3, 0.4) is 0 Å². The molecule has 4 heteroatoms. The van der Waals surface area contributed by atoms with Crippen molar-refractivity contribution in [3.8, 4) is 5.75 Å². The third-order valence-electron chi connectivity index (χ3n) is 3.18. The molecule has 0 spiro atoms. The Labute approximate surface area is 145 Å². The Hall–Kier alpha value is -2.07. The number of carbonyl (C=O) groups is 1. The van der Waals surface area contributed by atoms with Gasteiger partial charge in [0.1, 0.15) is 19.0 Å². The standard InChI is InChI=1S/C19H19BrO3/c1-3-10-22-11-12-23-18-13-14(2)4-9-17(18)19(21)15-5-7-16(20)8-6-15/h3-10,13H,11-12H2,1-2H3. The van der Waals surface area contributed by atoms with E-state index in [2.05, 4.69) is 15.9 Å². The molecule has 0 atom stereocenters. The number of benzene rings is 2. The second-order valence-corrected chi connectivity index (χ2v) is 5.94. The summed E-state index contributed by atoms with van der Waals surface area (Å²) < 4.78 is 11.9. The van der Waals surface area contributed by atoms with Crippen LogP contribution in [0.4, 0.5) is 0 Å². The molecule has 0 aromatic heterocycles. The lowest BCUT2D eigenvalue weighted by Crippen LogP contribution is -2.09. The zero-order valence-electron chi connectivity index (χ0n) is 13.2. The van der Waals surface area contributed by atoms with Crippen LogP contribution < -0.4 is 4.74 Å². The van der Waals surface area contributed by atoms with Crippen LogP contribution in [0.25, 0.3) is 0 Å². The van der Waals surface area contributed by atoms with Gasteiger partial charge in [0.25, 0.3) is 0 Å². The molecule has 23 heavy (non-hydrogen) atoms. The predicted molar refractivity (Wildman–Crippen MR) is 95.0 cm³/mol. The molecule has 0 unspecified atom stereocenters. The number of hydrogen-bond acceptors (Lipinski definition) is 3. The number of carbonyl (C=O) groups excluding carboxylic acids is 1. The zero-order valence-corrected chi connectivity index (χ0v) is 14.8. The third-order valence-corrected chi connectivity index (χ3v) is 3.71. The minimum atomic E-state index is -0.0538. The number of ether oxygens (including phenoxy) is 2. The Morgan fingerprint density at radius 2 is 1.87 bits per heavy atom. The summed E-state index contributed by atoms with van der Waals surface area (Å²) in [5.74, 6) is 0.531. The summed E-state index contributed by atoms with van der Waals surface area (Å²) in [7, 11) is 0. The van der Waals surface area contributed by atoms with E-state index in [0.717, 1.165) is 10.0 Å². The highest BCUT2D eigenvalue weighted by molar-refractivity contribution is 9.10.